The highest BCUT2D eigenvalue weighted by atomic mass is 79.9. The fourth-order valence-electron chi connectivity index (χ4n) is 1.48. The van der Waals surface area contributed by atoms with Crippen molar-refractivity contribution in [3.63, 3.8) is 0 Å². The standard InChI is InChI=1S/C13H20BrN/c1-10-7-11(9-15-8-10)5-6-12(14)13(2,3)4/h7-9,12H,5-6H2,1-4H3. The van der Waals surface area contributed by atoms with Crippen molar-refractivity contribution in [2.45, 2.75) is 45.4 Å². The topological polar surface area (TPSA) is 12.9 Å². The Bertz CT molecular complexity index is 315. The van der Waals surface area contributed by atoms with Crippen LogP contribution in [0.3, 0.4) is 0 Å². The molecule has 0 fully saturated rings. The summed E-state index contributed by atoms with van der Waals surface area (Å²) in [6, 6.07) is 2.22. The van der Waals surface area contributed by atoms with Gasteiger partial charge in [-0.2, -0.15) is 0 Å². The van der Waals surface area contributed by atoms with Crippen molar-refractivity contribution in [3.05, 3.63) is 29.6 Å². The van der Waals surface area contributed by atoms with Gasteiger partial charge in [-0.3, -0.25) is 4.98 Å². The maximum atomic E-state index is 4.21. The molecule has 0 amide bonds. The Morgan fingerprint density at radius 1 is 1.33 bits per heavy atom. The van der Waals surface area contributed by atoms with Gasteiger partial charge in [0.15, 0.2) is 0 Å². The summed E-state index contributed by atoms with van der Waals surface area (Å²) in [6.07, 6.45) is 6.13. The zero-order chi connectivity index (χ0) is 11.5. The molecule has 1 nitrogen and oxygen atoms in total. The number of pyridine rings is 1. The third kappa shape index (κ3) is 4.33. The highest BCUT2D eigenvalue weighted by Gasteiger charge is 2.21. The van der Waals surface area contributed by atoms with Crippen LogP contribution in [0.15, 0.2) is 18.5 Å². The van der Waals surface area contributed by atoms with Gasteiger partial charge in [-0.15, -0.1) is 0 Å². The highest BCUT2D eigenvalue weighted by Crippen LogP contribution is 2.29. The van der Waals surface area contributed by atoms with Gasteiger partial charge in [0.25, 0.3) is 0 Å². The molecule has 1 rings (SSSR count). The summed E-state index contributed by atoms with van der Waals surface area (Å²) in [5.41, 5.74) is 2.91. The minimum Gasteiger partial charge on any atom is -0.264 e. The molecule has 0 aliphatic heterocycles. The quantitative estimate of drug-likeness (QED) is 0.752. The molecule has 1 atom stereocenters. The minimum absolute atomic E-state index is 0.331. The summed E-state index contributed by atoms with van der Waals surface area (Å²) in [5.74, 6) is 0. The molecule has 0 aromatic carbocycles. The van der Waals surface area contributed by atoms with Crippen molar-refractivity contribution < 1.29 is 0 Å². The van der Waals surface area contributed by atoms with Gasteiger partial charge in [0, 0.05) is 17.2 Å². The monoisotopic (exact) mass is 269 g/mol. The van der Waals surface area contributed by atoms with Gasteiger partial charge in [-0.1, -0.05) is 42.8 Å². The largest absolute Gasteiger partial charge is 0.264 e. The van der Waals surface area contributed by atoms with Crippen LogP contribution in [-0.4, -0.2) is 9.81 Å². The van der Waals surface area contributed by atoms with Gasteiger partial charge in [0.05, 0.1) is 0 Å². The van der Waals surface area contributed by atoms with Crippen LogP contribution < -0.4 is 0 Å². The zero-order valence-electron chi connectivity index (χ0n) is 10.0. The summed E-state index contributed by atoms with van der Waals surface area (Å²) in [4.78, 5) is 4.77. The van der Waals surface area contributed by atoms with Gasteiger partial charge in [0.1, 0.15) is 0 Å². The number of alkyl halides is 1. The molecule has 84 valence electrons. The molecule has 0 aliphatic rings. The Labute approximate surface area is 101 Å². The second kappa shape index (κ2) is 5.11. The van der Waals surface area contributed by atoms with Gasteiger partial charge < -0.3 is 0 Å². The first-order valence-electron chi connectivity index (χ1n) is 5.44. The van der Waals surface area contributed by atoms with Crippen LogP contribution in [0.4, 0.5) is 0 Å². The molecule has 0 radical (unpaired) electrons. The van der Waals surface area contributed by atoms with E-state index in [2.05, 4.69) is 54.7 Å². The van der Waals surface area contributed by atoms with Crippen molar-refractivity contribution in [2.75, 3.05) is 0 Å². The predicted molar refractivity (Wildman–Crippen MR) is 69.5 cm³/mol. The van der Waals surface area contributed by atoms with E-state index in [1.54, 1.807) is 0 Å². The molecule has 0 saturated heterocycles. The lowest BCUT2D eigenvalue weighted by Crippen LogP contribution is -2.20. The second-order valence-electron chi connectivity index (χ2n) is 5.24. The van der Waals surface area contributed by atoms with E-state index in [1.165, 1.54) is 11.1 Å². The van der Waals surface area contributed by atoms with E-state index in [-0.39, 0.29) is 0 Å². The lowest BCUT2D eigenvalue weighted by atomic mass is 9.89. The average Bonchev–Trinajstić information content (AvgIpc) is 2.12. The first-order chi connectivity index (χ1) is 6.89. The number of nitrogens with zero attached hydrogens (tertiary/aromatic N) is 1. The first kappa shape index (κ1) is 12.7. The third-order valence-corrected chi connectivity index (χ3v) is 4.39. The molecule has 0 spiro atoms. The van der Waals surface area contributed by atoms with E-state index in [0.29, 0.717) is 10.2 Å². The van der Waals surface area contributed by atoms with Crippen molar-refractivity contribution in [2.24, 2.45) is 5.41 Å². The van der Waals surface area contributed by atoms with Crippen LogP contribution in [0, 0.1) is 12.3 Å². The fourth-order valence-corrected chi connectivity index (χ4v) is 1.71. The lowest BCUT2D eigenvalue weighted by Gasteiger charge is -2.25. The normalized spacial score (nSPS) is 13.9. The van der Waals surface area contributed by atoms with E-state index < -0.39 is 0 Å². The molecular formula is C13H20BrN. The van der Waals surface area contributed by atoms with Crippen molar-refractivity contribution in [1.29, 1.82) is 0 Å². The van der Waals surface area contributed by atoms with Crippen LogP contribution in [-0.2, 0) is 6.42 Å². The van der Waals surface area contributed by atoms with Crippen molar-refractivity contribution in [1.82, 2.24) is 4.98 Å². The molecule has 15 heavy (non-hydrogen) atoms. The Morgan fingerprint density at radius 3 is 2.53 bits per heavy atom. The van der Waals surface area contributed by atoms with Gasteiger partial charge in [-0.25, -0.2) is 0 Å². The second-order valence-corrected chi connectivity index (χ2v) is 6.35. The average molecular weight is 270 g/mol. The molecule has 0 N–H and O–H groups in total. The molecular weight excluding hydrogens is 250 g/mol. The van der Waals surface area contributed by atoms with E-state index in [1.807, 2.05) is 12.4 Å². The maximum absolute atomic E-state index is 4.21. The number of aromatic nitrogens is 1. The number of hydrogen-bond donors (Lipinski definition) is 0. The van der Waals surface area contributed by atoms with Crippen LogP contribution in [0.5, 0.6) is 0 Å². The Morgan fingerprint density at radius 2 is 2.00 bits per heavy atom. The van der Waals surface area contributed by atoms with E-state index >= 15 is 0 Å². The van der Waals surface area contributed by atoms with Crippen molar-refractivity contribution in [3.8, 4) is 0 Å². The molecule has 0 aliphatic carbocycles. The van der Waals surface area contributed by atoms with Crippen LogP contribution >= 0.6 is 15.9 Å². The molecule has 1 aromatic heterocycles. The van der Waals surface area contributed by atoms with Gasteiger partial charge >= 0.3 is 0 Å². The van der Waals surface area contributed by atoms with Crippen LogP contribution in [0.1, 0.15) is 38.3 Å². The number of hydrogen-bond acceptors (Lipinski definition) is 1. The Kier molecular flexibility index (Phi) is 4.32. The van der Waals surface area contributed by atoms with Crippen LogP contribution in [0.25, 0.3) is 0 Å². The smallest absolute Gasteiger partial charge is 0.0300 e. The van der Waals surface area contributed by atoms with E-state index in [0.717, 1.165) is 12.8 Å². The van der Waals surface area contributed by atoms with Crippen LogP contribution in [0.2, 0.25) is 0 Å². The maximum Gasteiger partial charge on any atom is 0.0300 e. The van der Waals surface area contributed by atoms with E-state index in [4.69, 9.17) is 0 Å². The molecule has 1 unspecified atom stereocenters. The first-order valence-corrected chi connectivity index (χ1v) is 6.36. The van der Waals surface area contributed by atoms with E-state index in [9.17, 15) is 0 Å². The summed E-state index contributed by atoms with van der Waals surface area (Å²) in [5, 5.41) is 0. The number of rotatable bonds is 3. The highest BCUT2D eigenvalue weighted by molar-refractivity contribution is 9.09. The molecule has 1 heterocycles. The lowest BCUT2D eigenvalue weighted by molar-refractivity contribution is 0.385. The molecule has 0 bridgehead atoms. The Hall–Kier alpha value is -0.370. The summed E-state index contributed by atoms with van der Waals surface area (Å²) < 4.78 is 0. The third-order valence-electron chi connectivity index (χ3n) is 2.56. The predicted octanol–water partition coefficient (Wildman–Crippen LogP) is 4.13. The fraction of sp³-hybridized carbons (Fsp3) is 0.615. The zero-order valence-corrected chi connectivity index (χ0v) is 11.6. The molecule has 2 heteroatoms. The Balaban J connectivity index is 2.51. The van der Waals surface area contributed by atoms with Gasteiger partial charge in [0.2, 0.25) is 0 Å². The summed E-state index contributed by atoms with van der Waals surface area (Å²) in [6.45, 7) is 8.88. The number of aryl methyl sites for hydroxylation is 2. The van der Waals surface area contributed by atoms with Crippen molar-refractivity contribution >= 4 is 15.9 Å². The molecule has 0 saturated carbocycles. The summed E-state index contributed by atoms with van der Waals surface area (Å²) in [7, 11) is 0. The summed E-state index contributed by atoms with van der Waals surface area (Å²) >= 11 is 3.75. The minimum atomic E-state index is 0.331. The molecule has 1 aromatic rings. The SMILES string of the molecule is Cc1cncc(CCC(Br)C(C)(C)C)c1. The number of halogens is 1. The van der Waals surface area contributed by atoms with Gasteiger partial charge in [-0.05, 0) is 36.3 Å².